The molecule has 0 bridgehead atoms. The minimum atomic E-state index is 0.710. The van der Waals surface area contributed by atoms with E-state index in [0.717, 1.165) is 12.8 Å². The second-order valence-electron chi connectivity index (χ2n) is 1.85. The average molecular weight is 154 g/mol. The van der Waals surface area contributed by atoms with Gasteiger partial charge in [0.2, 0.25) is 0 Å². The molecule has 0 atom stereocenters. The van der Waals surface area contributed by atoms with E-state index in [2.05, 4.69) is 13.2 Å². The van der Waals surface area contributed by atoms with E-state index in [4.69, 9.17) is 9.47 Å². The number of ether oxygens (including phenoxy) is 2. The largest absolute Gasteiger partial charge is 0.502 e. The van der Waals surface area contributed by atoms with Gasteiger partial charge in [0.05, 0.1) is 25.4 Å². The van der Waals surface area contributed by atoms with E-state index in [-0.39, 0.29) is 0 Å². The van der Waals surface area contributed by atoms with E-state index in [1.807, 2.05) is 6.08 Å². The number of rotatable bonds is 7. The summed E-state index contributed by atoms with van der Waals surface area (Å²) >= 11 is 0. The van der Waals surface area contributed by atoms with E-state index in [0.29, 0.717) is 6.61 Å². The van der Waals surface area contributed by atoms with Crippen molar-refractivity contribution in [1.29, 1.82) is 0 Å². The van der Waals surface area contributed by atoms with Crippen LogP contribution in [0.5, 0.6) is 0 Å². The zero-order valence-electron chi connectivity index (χ0n) is 6.66. The molecule has 62 valence electrons. The molecule has 11 heavy (non-hydrogen) atoms. The second-order valence-corrected chi connectivity index (χ2v) is 1.85. The molecule has 0 aromatic carbocycles. The summed E-state index contributed by atoms with van der Waals surface area (Å²) in [6.07, 6.45) is 8.29. The lowest BCUT2D eigenvalue weighted by Gasteiger charge is -1.95. The molecule has 0 spiro atoms. The summed E-state index contributed by atoms with van der Waals surface area (Å²) in [7, 11) is 0. The van der Waals surface area contributed by atoms with Crippen LogP contribution in [0.15, 0.2) is 38.0 Å². The third-order valence-electron chi connectivity index (χ3n) is 1.02. The molecule has 0 aliphatic rings. The predicted octanol–water partition coefficient (Wildman–Crippen LogP) is 2.60. The Morgan fingerprint density at radius 3 is 2.64 bits per heavy atom. The van der Waals surface area contributed by atoms with Gasteiger partial charge in [0.25, 0.3) is 0 Å². The van der Waals surface area contributed by atoms with Crippen molar-refractivity contribution in [2.45, 2.75) is 12.8 Å². The van der Waals surface area contributed by atoms with E-state index in [1.165, 1.54) is 12.5 Å². The maximum absolute atomic E-state index is 4.91. The summed E-state index contributed by atoms with van der Waals surface area (Å²) in [4.78, 5) is 0. The van der Waals surface area contributed by atoms with Crippen molar-refractivity contribution < 1.29 is 9.47 Å². The first-order chi connectivity index (χ1) is 5.41. The van der Waals surface area contributed by atoms with Crippen LogP contribution >= 0.6 is 0 Å². The van der Waals surface area contributed by atoms with Crippen molar-refractivity contribution in [3.8, 4) is 0 Å². The lowest BCUT2D eigenvalue weighted by atomic mass is 10.3. The SMILES string of the molecule is C=COC=CCCCOC=C. The van der Waals surface area contributed by atoms with Crippen LogP contribution in [0.25, 0.3) is 0 Å². The number of unbranched alkanes of at least 4 members (excludes halogenated alkanes) is 1. The highest BCUT2D eigenvalue weighted by molar-refractivity contribution is 4.75. The Hall–Kier alpha value is -1.18. The van der Waals surface area contributed by atoms with Gasteiger partial charge in [-0.15, -0.1) is 0 Å². The van der Waals surface area contributed by atoms with Gasteiger partial charge >= 0.3 is 0 Å². The molecule has 0 saturated carbocycles. The summed E-state index contributed by atoms with van der Waals surface area (Å²) in [5, 5.41) is 0. The predicted molar refractivity (Wildman–Crippen MR) is 45.8 cm³/mol. The molecule has 0 N–H and O–H groups in total. The Labute approximate surface area is 67.8 Å². The smallest absolute Gasteiger partial charge is 0.0876 e. The van der Waals surface area contributed by atoms with Crippen LogP contribution in [0.3, 0.4) is 0 Å². The van der Waals surface area contributed by atoms with Crippen LogP contribution in [0.4, 0.5) is 0 Å². The van der Waals surface area contributed by atoms with Gasteiger partial charge in [-0.25, -0.2) is 0 Å². The molecule has 0 aliphatic carbocycles. The van der Waals surface area contributed by atoms with Gasteiger partial charge in [0, 0.05) is 0 Å². The Balaban J connectivity index is 3.00. The summed E-state index contributed by atoms with van der Waals surface area (Å²) in [6, 6.07) is 0. The van der Waals surface area contributed by atoms with Crippen LogP contribution < -0.4 is 0 Å². The van der Waals surface area contributed by atoms with Crippen LogP contribution in [-0.2, 0) is 9.47 Å². The van der Waals surface area contributed by atoms with Crippen molar-refractivity contribution in [2.24, 2.45) is 0 Å². The third-order valence-corrected chi connectivity index (χ3v) is 1.02. The molecule has 2 heteroatoms. The topological polar surface area (TPSA) is 18.5 Å². The normalized spacial score (nSPS) is 9.45. The van der Waals surface area contributed by atoms with Gasteiger partial charge in [-0.2, -0.15) is 0 Å². The van der Waals surface area contributed by atoms with Crippen molar-refractivity contribution in [2.75, 3.05) is 6.61 Å². The molecule has 0 radical (unpaired) electrons. The standard InChI is InChI=1S/C9H14O2/c1-3-10-8-6-5-7-9-11-4-2/h3-4,6,8H,1-2,5,7,9H2. The fraction of sp³-hybridized carbons (Fsp3) is 0.333. The highest BCUT2D eigenvalue weighted by atomic mass is 16.5. The van der Waals surface area contributed by atoms with Crippen molar-refractivity contribution in [3.63, 3.8) is 0 Å². The Morgan fingerprint density at radius 1 is 1.18 bits per heavy atom. The summed E-state index contributed by atoms with van der Waals surface area (Å²) < 4.78 is 9.67. The first-order valence-electron chi connectivity index (χ1n) is 3.55. The quantitative estimate of drug-likeness (QED) is 0.414. The van der Waals surface area contributed by atoms with E-state index in [9.17, 15) is 0 Å². The Bertz CT molecular complexity index is 128. The average Bonchev–Trinajstić information content (AvgIpc) is 2.03. The van der Waals surface area contributed by atoms with Crippen molar-refractivity contribution in [1.82, 2.24) is 0 Å². The maximum atomic E-state index is 4.91. The van der Waals surface area contributed by atoms with Gasteiger partial charge < -0.3 is 9.47 Å². The van der Waals surface area contributed by atoms with Gasteiger partial charge in [-0.3, -0.25) is 0 Å². The highest BCUT2D eigenvalue weighted by Gasteiger charge is 1.81. The highest BCUT2D eigenvalue weighted by Crippen LogP contribution is 1.92. The minimum absolute atomic E-state index is 0.710. The van der Waals surface area contributed by atoms with Gasteiger partial charge in [0.1, 0.15) is 0 Å². The molecule has 0 aromatic rings. The molecule has 0 rings (SSSR count). The number of allylic oxidation sites excluding steroid dienone is 1. The summed E-state index contributed by atoms with van der Waals surface area (Å²) in [5.74, 6) is 0. The fourth-order valence-corrected chi connectivity index (χ4v) is 0.547. The third kappa shape index (κ3) is 8.82. The molecule has 2 nitrogen and oxygen atoms in total. The fourth-order valence-electron chi connectivity index (χ4n) is 0.547. The lowest BCUT2D eigenvalue weighted by molar-refractivity contribution is 0.246. The molecular weight excluding hydrogens is 140 g/mol. The van der Waals surface area contributed by atoms with Crippen LogP contribution in [0.2, 0.25) is 0 Å². The molecule has 0 unspecified atom stereocenters. The van der Waals surface area contributed by atoms with Crippen LogP contribution in [0.1, 0.15) is 12.8 Å². The van der Waals surface area contributed by atoms with Crippen LogP contribution in [0, 0.1) is 0 Å². The van der Waals surface area contributed by atoms with Crippen LogP contribution in [-0.4, -0.2) is 6.61 Å². The number of hydrogen-bond donors (Lipinski definition) is 0. The molecule has 0 amide bonds. The summed E-state index contributed by atoms with van der Waals surface area (Å²) in [6.45, 7) is 7.54. The maximum Gasteiger partial charge on any atom is 0.0876 e. The lowest BCUT2D eigenvalue weighted by Crippen LogP contribution is -1.84. The molecule has 0 aromatic heterocycles. The van der Waals surface area contributed by atoms with E-state index in [1.54, 1.807) is 6.26 Å². The molecular formula is C9H14O2. The van der Waals surface area contributed by atoms with Crippen molar-refractivity contribution >= 4 is 0 Å². The summed E-state index contributed by atoms with van der Waals surface area (Å²) in [5.41, 5.74) is 0. The molecule has 0 aliphatic heterocycles. The zero-order valence-corrected chi connectivity index (χ0v) is 6.66. The minimum Gasteiger partial charge on any atom is -0.502 e. The Kier molecular flexibility index (Phi) is 7.87. The molecule has 0 heterocycles. The first-order valence-corrected chi connectivity index (χ1v) is 3.55. The molecule has 0 fully saturated rings. The van der Waals surface area contributed by atoms with Gasteiger partial charge in [-0.1, -0.05) is 13.2 Å². The van der Waals surface area contributed by atoms with E-state index < -0.39 is 0 Å². The van der Waals surface area contributed by atoms with Crippen molar-refractivity contribution in [3.05, 3.63) is 38.0 Å². The monoisotopic (exact) mass is 154 g/mol. The zero-order chi connectivity index (χ0) is 8.36. The Morgan fingerprint density at radius 2 is 2.00 bits per heavy atom. The number of hydrogen-bond acceptors (Lipinski definition) is 2. The second kappa shape index (κ2) is 8.82. The van der Waals surface area contributed by atoms with Gasteiger partial charge in [-0.05, 0) is 18.9 Å². The van der Waals surface area contributed by atoms with Gasteiger partial charge in [0.15, 0.2) is 0 Å². The first kappa shape index (κ1) is 9.82. The molecule has 0 saturated heterocycles. The van der Waals surface area contributed by atoms with E-state index >= 15 is 0 Å².